The first kappa shape index (κ1) is 17.0. The molecule has 2 aromatic carbocycles. The van der Waals surface area contributed by atoms with Gasteiger partial charge in [0.25, 0.3) is 5.91 Å². The molecule has 0 radical (unpaired) electrons. The zero-order chi connectivity index (χ0) is 17.8. The van der Waals surface area contributed by atoms with E-state index in [0.29, 0.717) is 22.9 Å². The van der Waals surface area contributed by atoms with Crippen LogP contribution in [0.4, 0.5) is 0 Å². The zero-order valence-corrected chi connectivity index (χ0v) is 14.3. The van der Waals surface area contributed by atoms with Gasteiger partial charge in [-0.25, -0.2) is 4.79 Å². The molecule has 25 heavy (non-hydrogen) atoms. The second kappa shape index (κ2) is 7.40. The lowest BCUT2D eigenvalue weighted by molar-refractivity contribution is -0.123. The molecule has 0 aliphatic carbocycles. The normalized spacial score (nSPS) is 10.6. The highest BCUT2D eigenvalue weighted by atomic mass is 35.5. The highest BCUT2D eigenvalue weighted by molar-refractivity contribution is 6.31. The van der Waals surface area contributed by atoms with Gasteiger partial charge in [-0.1, -0.05) is 29.8 Å². The van der Waals surface area contributed by atoms with E-state index in [9.17, 15) is 9.59 Å². The van der Waals surface area contributed by atoms with E-state index < -0.39 is 5.63 Å². The van der Waals surface area contributed by atoms with Gasteiger partial charge in [-0.15, -0.1) is 0 Å². The van der Waals surface area contributed by atoms with E-state index in [1.54, 1.807) is 24.3 Å². The molecular formula is C19H16ClNO4. The number of aryl methyl sites for hydroxylation is 1. The summed E-state index contributed by atoms with van der Waals surface area (Å²) in [6, 6.07) is 13.9. The van der Waals surface area contributed by atoms with Crippen LogP contribution in [0, 0.1) is 6.92 Å². The highest BCUT2D eigenvalue weighted by Crippen LogP contribution is 2.22. The first-order chi connectivity index (χ1) is 12.0. The maximum absolute atomic E-state index is 11.9. The fourth-order valence-electron chi connectivity index (χ4n) is 2.43. The molecule has 0 fully saturated rings. The molecule has 0 saturated heterocycles. The first-order valence-electron chi connectivity index (χ1n) is 7.70. The maximum atomic E-state index is 11.9. The number of carbonyl (C=O) groups excluding carboxylic acids is 1. The van der Waals surface area contributed by atoms with Crippen molar-refractivity contribution < 1.29 is 13.9 Å². The second-order valence-corrected chi connectivity index (χ2v) is 5.97. The van der Waals surface area contributed by atoms with Gasteiger partial charge in [-0.2, -0.15) is 0 Å². The van der Waals surface area contributed by atoms with E-state index >= 15 is 0 Å². The first-order valence-corrected chi connectivity index (χ1v) is 8.08. The standard InChI is InChI=1S/C19H16ClNO4/c1-12-8-19(23)25-17-9-14(6-7-15(12)17)24-11-18(22)21-10-13-4-2-3-5-16(13)20/h2-9H,10-11H2,1H3,(H,21,22). The van der Waals surface area contributed by atoms with Crippen molar-refractivity contribution in [1.82, 2.24) is 5.32 Å². The van der Waals surface area contributed by atoms with Crippen LogP contribution in [0.5, 0.6) is 5.75 Å². The third-order valence-corrected chi connectivity index (χ3v) is 4.10. The van der Waals surface area contributed by atoms with E-state index in [0.717, 1.165) is 16.5 Å². The van der Waals surface area contributed by atoms with Crippen LogP contribution in [0.1, 0.15) is 11.1 Å². The number of fused-ring (bicyclic) bond motifs is 1. The lowest BCUT2D eigenvalue weighted by Crippen LogP contribution is -2.28. The van der Waals surface area contributed by atoms with Gasteiger partial charge in [0.2, 0.25) is 0 Å². The molecule has 0 unspecified atom stereocenters. The number of benzene rings is 2. The molecule has 0 bridgehead atoms. The quantitative estimate of drug-likeness (QED) is 0.710. The lowest BCUT2D eigenvalue weighted by atomic mass is 10.1. The molecule has 5 nitrogen and oxygen atoms in total. The lowest BCUT2D eigenvalue weighted by Gasteiger charge is -2.09. The molecule has 6 heteroatoms. The SMILES string of the molecule is Cc1cc(=O)oc2cc(OCC(=O)NCc3ccccc3Cl)ccc12. The Morgan fingerprint density at radius 3 is 2.80 bits per heavy atom. The van der Waals surface area contributed by atoms with Crippen molar-refractivity contribution in [3.8, 4) is 5.75 Å². The number of nitrogens with one attached hydrogen (secondary N) is 1. The average Bonchev–Trinajstić information content (AvgIpc) is 2.58. The summed E-state index contributed by atoms with van der Waals surface area (Å²) >= 11 is 6.04. The van der Waals surface area contributed by atoms with Crippen LogP contribution in [-0.2, 0) is 11.3 Å². The van der Waals surface area contributed by atoms with E-state index in [1.165, 1.54) is 6.07 Å². The van der Waals surface area contributed by atoms with Crippen LogP contribution in [0.3, 0.4) is 0 Å². The molecule has 3 rings (SSSR count). The van der Waals surface area contributed by atoms with Crippen molar-refractivity contribution in [3.05, 3.63) is 75.1 Å². The van der Waals surface area contributed by atoms with Gasteiger partial charge in [0.15, 0.2) is 6.61 Å². The minimum atomic E-state index is -0.417. The molecule has 1 heterocycles. The summed E-state index contributed by atoms with van der Waals surface area (Å²) in [5.41, 5.74) is 1.68. The molecule has 0 aliphatic rings. The Kier molecular flexibility index (Phi) is 5.05. The Balaban J connectivity index is 1.61. The number of hydrogen-bond donors (Lipinski definition) is 1. The van der Waals surface area contributed by atoms with Gasteiger partial charge in [-0.3, -0.25) is 4.79 Å². The third-order valence-electron chi connectivity index (χ3n) is 3.73. The largest absolute Gasteiger partial charge is 0.484 e. The number of halogens is 1. The van der Waals surface area contributed by atoms with Gasteiger partial charge in [-0.05, 0) is 36.2 Å². The molecule has 0 saturated carbocycles. The van der Waals surface area contributed by atoms with Gasteiger partial charge in [0.05, 0.1) is 0 Å². The van der Waals surface area contributed by atoms with Gasteiger partial charge < -0.3 is 14.5 Å². The number of rotatable bonds is 5. The predicted octanol–water partition coefficient (Wildman–Crippen LogP) is 3.45. The van der Waals surface area contributed by atoms with E-state index in [-0.39, 0.29) is 12.5 Å². The van der Waals surface area contributed by atoms with E-state index in [1.807, 2.05) is 25.1 Å². The Hall–Kier alpha value is -2.79. The number of amides is 1. The Labute approximate surface area is 149 Å². The van der Waals surface area contributed by atoms with Crippen LogP contribution < -0.4 is 15.7 Å². The molecule has 0 aliphatic heterocycles. The van der Waals surface area contributed by atoms with Crippen LogP contribution in [0.2, 0.25) is 5.02 Å². The Morgan fingerprint density at radius 2 is 2.00 bits per heavy atom. The summed E-state index contributed by atoms with van der Waals surface area (Å²) in [5.74, 6) is 0.180. The summed E-state index contributed by atoms with van der Waals surface area (Å²) in [6.45, 7) is 2.02. The van der Waals surface area contributed by atoms with Crippen molar-refractivity contribution in [3.63, 3.8) is 0 Å². The van der Waals surface area contributed by atoms with Crippen molar-refractivity contribution in [2.45, 2.75) is 13.5 Å². The third kappa shape index (κ3) is 4.19. The van der Waals surface area contributed by atoms with Gasteiger partial charge >= 0.3 is 5.63 Å². The minimum absolute atomic E-state index is 0.147. The molecule has 1 amide bonds. The Bertz CT molecular complexity index is 981. The van der Waals surface area contributed by atoms with Gasteiger partial charge in [0, 0.05) is 29.1 Å². The molecule has 1 aromatic heterocycles. The zero-order valence-electron chi connectivity index (χ0n) is 13.5. The van der Waals surface area contributed by atoms with E-state index in [2.05, 4.69) is 5.32 Å². The fraction of sp³-hybridized carbons (Fsp3) is 0.158. The van der Waals surface area contributed by atoms with Crippen LogP contribution >= 0.6 is 11.6 Å². The van der Waals surface area contributed by atoms with Crippen molar-refractivity contribution >= 4 is 28.5 Å². The molecule has 0 atom stereocenters. The van der Waals surface area contributed by atoms with Gasteiger partial charge in [0.1, 0.15) is 11.3 Å². The molecule has 1 N–H and O–H groups in total. The summed E-state index contributed by atoms with van der Waals surface area (Å²) in [4.78, 5) is 23.4. The predicted molar refractivity (Wildman–Crippen MR) is 96.0 cm³/mol. The van der Waals surface area contributed by atoms with Crippen molar-refractivity contribution in [1.29, 1.82) is 0 Å². The summed E-state index contributed by atoms with van der Waals surface area (Å²) in [7, 11) is 0. The topological polar surface area (TPSA) is 68.5 Å². The minimum Gasteiger partial charge on any atom is -0.484 e. The summed E-state index contributed by atoms with van der Waals surface area (Å²) < 4.78 is 10.6. The van der Waals surface area contributed by atoms with Crippen LogP contribution in [-0.4, -0.2) is 12.5 Å². The fourth-order valence-corrected chi connectivity index (χ4v) is 2.63. The Morgan fingerprint density at radius 1 is 1.20 bits per heavy atom. The highest BCUT2D eigenvalue weighted by Gasteiger charge is 2.07. The van der Waals surface area contributed by atoms with Crippen LogP contribution in [0.15, 0.2) is 57.7 Å². The van der Waals surface area contributed by atoms with Crippen LogP contribution in [0.25, 0.3) is 11.0 Å². The molecule has 128 valence electrons. The molecule has 0 spiro atoms. The van der Waals surface area contributed by atoms with E-state index in [4.69, 9.17) is 20.8 Å². The number of carbonyl (C=O) groups is 1. The maximum Gasteiger partial charge on any atom is 0.336 e. The average molecular weight is 358 g/mol. The number of ether oxygens (including phenoxy) is 1. The second-order valence-electron chi connectivity index (χ2n) is 5.56. The monoisotopic (exact) mass is 357 g/mol. The van der Waals surface area contributed by atoms with Crippen molar-refractivity contribution in [2.75, 3.05) is 6.61 Å². The van der Waals surface area contributed by atoms with Crippen molar-refractivity contribution in [2.24, 2.45) is 0 Å². The number of hydrogen-bond acceptors (Lipinski definition) is 4. The molecular weight excluding hydrogens is 342 g/mol. The summed E-state index contributed by atoms with van der Waals surface area (Å²) in [6.07, 6.45) is 0. The molecule has 3 aromatic rings. The summed E-state index contributed by atoms with van der Waals surface area (Å²) in [5, 5.41) is 4.17. The smallest absolute Gasteiger partial charge is 0.336 e.